The van der Waals surface area contributed by atoms with Gasteiger partial charge in [0, 0.05) is 0 Å². The van der Waals surface area contributed by atoms with Gasteiger partial charge in [0.05, 0.1) is 0 Å². The second kappa shape index (κ2) is 13.3. The predicted molar refractivity (Wildman–Crippen MR) is 165 cm³/mol. The molecule has 1 unspecified atom stereocenters. The number of allylic oxidation sites excluding steroid dienone is 4. The van der Waals surface area contributed by atoms with Gasteiger partial charge >= 0.3 is 0 Å². The quantitative estimate of drug-likeness (QED) is 0.255. The van der Waals surface area contributed by atoms with Crippen molar-refractivity contribution in [1.29, 1.82) is 0 Å². The number of aryl methyl sites for hydroxylation is 2. The molecule has 38 heavy (non-hydrogen) atoms. The van der Waals surface area contributed by atoms with Crippen molar-refractivity contribution in [3.8, 4) is 11.1 Å². The molecular formula is C38H46. The van der Waals surface area contributed by atoms with Crippen LogP contribution < -0.4 is 0 Å². The average Bonchev–Trinajstić information content (AvgIpc) is 2.98. The SMILES string of the molecule is C/C=C/CCc1ccc(C2CCc3cc(-c4ccc(C5CCC(CC/C=C/C)CC5)cc4)ccc3C2)cc1. The zero-order chi connectivity index (χ0) is 26.2. The minimum atomic E-state index is 0.649. The Morgan fingerprint density at radius 2 is 1.29 bits per heavy atom. The third-order valence-corrected chi connectivity index (χ3v) is 9.26. The van der Waals surface area contributed by atoms with Crippen molar-refractivity contribution < 1.29 is 0 Å². The molecule has 1 atom stereocenters. The molecule has 198 valence electrons. The first-order valence-corrected chi connectivity index (χ1v) is 15.3. The molecule has 5 rings (SSSR count). The monoisotopic (exact) mass is 502 g/mol. The van der Waals surface area contributed by atoms with E-state index in [9.17, 15) is 0 Å². The normalized spacial score (nSPS) is 21.7. The number of hydrogen-bond acceptors (Lipinski definition) is 0. The van der Waals surface area contributed by atoms with Gasteiger partial charge in [-0.05, 0) is 141 Å². The van der Waals surface area contributed by atoms with Crippen molar-refractivity contribution in [3.05, 3.63) is 119 Å². The van der Waals surface area contributed by atoms with Crippen molar-refractivity contribution in [2.24, 2.45) is 5.92 Å². The minimum Gasteiger partial charge on any atom is -0.0917 e. The Morgan fingerprint density at radius 3 is 2.03 bits per heavy atom. The summed E-state index contributed by atoms with van der Waals surface area (Å²) >= 11 is 0. The number of rotatable bonds is 9. The van der Waals surface area contributed by atoms with E-state index in [1.54, 1.807) is 16.7 Å². The molecule has 1 fully saturated rings. The third kappa shape index (κ3) is 6.76. The molecule has 0 saturated heterocycles. The summed E-state index contributed by atoms with van der Waals surface area (Å²) < 4.78 is 0. The lowest BCUT2D eigenvalue weighted by Gasteiger charge is -2.29. The third-order valence-electron chi connectivity index (χ3n) is 9.26. The topological polar surface area (TPSA) is 0 Å². The average molecular weight is 503 g/mol. The van der Waals surface area contributed by atoms with E-state index in [0.717, 1.165) is 24.7 Å². The summed E-state index contributed by atoms with van der Waals surface area (Å²) in [6.45, 7) is 4.23. The maximum atomic E-state index is 2.47. The Morgan fingerprint density at radius 1 is 0.632 bits per heavy atom. The molecule has 0 heterocycles. The van der Waals surface area contributed by atoms with E-state index < -0.39 is 0 Å². The van der Waals surface area contributed by atoms with Gasteiger partial charge in [-0.3, -0.25) is 0 Å². The van der Waals surface area contributed by atoms with Crippen LogP contribution in [0.2, 0.25) is 0 Å². The van der Waals surface area contributed by atoms with E-state index in [2.05, 4.69) is 105 Å². The highest BCUT2D eigenvalue weighted by Crippen LogP contribution is 2.39. The Kier molecular flexibility index (Phi) is 9.34. The molecule has 0 spiro atoms. The fraction of sp³-hybridized carbons (Fsp3) is 0.421. The summed E-state index contributed by atoms with van der Waals surface area (Å²) in [5.74, 6) is 2.34. The molecule has 3 aromatic carbocycles. The largest absolute Gasteiger partial charge is 0.0917 e. The summed E-state index contributed by atoms with van der Waals surface area (Å²) in [6, 6.07) is 26.3. The Labute approximate surface area is 231 Å². The lowest BCUT2D eigenvalue weighted by atomic mass is 9.77. The zero-order valence-corrected chi connectivity index (χ0v) is 23.7. The van der Waals surface area contributed by atoms with Crippen LogP contribution in [0.4, 0.5) is 0 Å². The number of fused-ring (bicyclic) bond motifs is 1. The van der Waals surface area contributed by atoms with Gasteiger partial charge in [0.15, 0.2) is 0 Å². The zero-order valence-electron chi connectivity index (χ0n) is 23.7. The van der Waals surface area contributed by atoms with E-state index in [0.29, 0.717) is 5.92 Å². The van der Waals surface area contributed by atoms with Crippen LogP contribution in [0.15, 0.2) is 91.0 Å². The molecule has 0 bridgehead atoms. The summed E-state index contributed by atoms with van der Waals surface area (Å²) in [5.41, 5.74) is 10.4. The van der Waals surface area contributed by atoms with E-state index in [1.165, 1.54) is 80.0 Å². The fourth-order valence-corrected chi connectivity index (χ4v) is 6.82. The van der Waals surface area contributed by atoms with Crippen LogP contribution in [0.1, 0.15) is 105 Å². The lowest BCUT2D eigenvalue weighted by Crippen LogP contribution is -2.13. The molecule has 0 aromatic heterocycles. The Balaban J connectivity index is 1.18. The summed E-state index contributed by atoms with van der Waals surface area (Å²) in [7, 11) is 0. The van der Waals surface area contributed by atoms with Crippen LogP contribution in [-0.4, -0.2) is 0 Å². The summed E-state index contributed by atoms with van der Waals surface area (Å²) in [5, 5.41) is 0. The van der Waals surface area contributed by atoms with Crippen LogP contribution in [0.3, 0.4) is 0 Å². The first kappa shape index (κ1) is 26.7. The lowest BCUT2D eigenvalue weighted by molar-refractivity contribution is 0.312. The van der Waals surface area contributed by atoms with Gasteiger partial charge in [-0.15, -0.1) is 0 Å². The minimum absolute atomic E-state index is 0.649. The molecule has 2 aliphatic carbocycles. The van der Waals surface area contributed by atoms with Crippen molar-refractivity contribution >= 4 is 0 Å². The summed E-state index contributed by atoms with van der Waals surface area (Å²) in [4.78, 5) is 0. The van der Waals surface area contributed by atoms with Crippen molar-refractivity contribution in [2.45, 2.75) is 96.3 Å². The molecule has 0 radical (unpaired) electrons. The highest BCUT2D eigenvalue weighted by molar-refractivity contribution is 5.65. The molecular weight excluding hydrogens is 456 g/mol. The second-order valence-corrected chi connectivity index (χ2v) is 11.8. The van der Waals surface area contributed by atoms with Crippen LogP contribution in [0.5, 0.6) is 0 Å². The molecule has 0 aliphatic heterocycles. The van der Waals surface area contributed by atoms with Gasteiger partial charge in [-0.2, -0.15) is 0 Å². The molecule has 0 nitrogen and oxygen atoms in total. The van der Waals surface area contributed by atoms with Gasteiger partial charge in [-0.1, -0.05) is 91.0 Å². The van der Waals surface area contributed by atoms with Gasteiger partial charge < -0.3 is 0 Å². The van der Waals surface area contributed by atoms with E-state index in [-0.39, 0.29) is 0 Å². The van der Waals surface area contributed by atoms with E-state index >= 15 is 0 Å². The molecule has 0 heteroatoms. The number of hydrogen-bond donors (Lipinski definition) is 0. The maximum absolute atomic E-state index is 2.47. The second-order valence-electron chi connectivity index (χ2n) is 11.8. The first-order chi connectivity index (χ1) is 18.7. The van der Waals surface area contributed by atoms with Crippen LogP contribution >= 0.6 is 0 Å². The molecule has 0 N–H and O–H groups in total. The molecule has 0 amide bonds. The highest BCUT2D eigenvalue weighted by atomic mass is 14.3. The van der Waals surface area contributed by atoms with Crippen molar-refractivity contribution in [1.82, 2.24) is 0 Å². The molecule has 2 aliphatic rings. The van der Waals surface area contributed by atoms with Crippen molar-refractivity contribution in [2.75, 3.05) is 0 Å². The predicted octanol–water partition coefficient (Wildman–Crippen LogP) is 10.8. The molecule has 3 aromatic rings. The highest BCUT2D eigenvalue weighted by Gasteiger charge is 2.23. The summed E-state index contributed by atoms with van der Waals surface area (Å²) in [6.07, 6.45) is 23.0. The molecule has 1 saturated carbocycles. The fourth-order valence-electron chi connectivity index (χ4n) is 6.82. The Bertz CT molecular complexity index is 1200. The van der Waals surface area contributed by atoms with Crippen LogP contribution in [0.25, 0.3) is 11.1 Å². The maximum Gasteiger partial charge on any atom is -0.0118 e. The Hall–Kier alpha value is -2.86. The number of benzene rings is 3. The van der Waals surface area contributed by atoms with Gasteiger partial charge in [0.2, 0.25) is 0 Å². The van der Waals surface area contributed by atoms with E-state index in [1.807, 2.05) is 0 Å². The smallest absolute Gasteiger partial charge is 0.0118 e. The van der Waals surface area contributed by atoms with Crippen molar-refractivity contribution in [3.63, 3.8) is 0 Å². The van der Waals surface area contributed by atoms with E-state index in [4.69, 9.17) is 0 Å². The standard InChI is InChI=1S/C38H46/c1-3-5-7-9-29-11-15-31(16-12-29)32-19-21-34(22-20-32)36-24-26-37-27-35(23-25-38(37)28-36)33-17-13-30(14-18-33)10-8-6-4-2/h3-6,13-14,17-22,24,26,28-29,31,35H,7-12,15-16,23,25,27H2,1-2H3/b5-3+,6-4+. The van der Waals surface area contributed by atoms with Crippen LogP contribution in [0, 0.1) is 5.92 Å². The van der Waals surface area contributed by atoms with Gasteiger partial charge in [0.25, 0.3) is 0 Å². The first-order valence-electron chi connectivity index (χ1n) is 15.3. The van der Waals surface area contributed by atoms with Gasteiger partial charge in [0.1, 0.15) is 0 Å². The van der Waals surface area contributed by atoms with Gasteiger partial charge in [-0.25, -0.2) is 0 Å². The van der Waals surface area contributed by atoms with Crippen LogP contribution in [-0.2, 0) is 19.3 Å².